The van der Waals surface area contributed by atoms with E-state index in [1.165, 1.54) is 16.8 Å². The van der Waals surface area contributed by atoms with Crippen LogP contribution in [0.15, 0.2) is 29.1 Å². The van der Waals surface area contributed by atoms with E-state index in [1.54, 1.807) is 13.0 Å². The van der Waals surface area contributed by atoms with Gasteiger partial charge in [0.05, 0.1) is 12.2 Å². The molecule has 0 saturated heterocycles. The third-order valence-electron chi connectivity index (χ3n) is 1.54. The molecular weight excluding hydrogens is 184 g/mol. The van der Waals surface area contributed by atoms with Crippen molar-refractivity contribution in [1.82, 2.24) is 9.78 Å². The molecule has 0 amide bonds. The molecule has 0 aliphatic rings. The van der Waals surface area contributed by atoms with Gasteiger partial charge in [0.25, 0.3) is 5.56 Å². The number of allylic oxidation sites excluding steroid dienone is 1. The van der Waals surface area contributed by atoms with E-state index in [0.717, 1.165) is 6.08 Å². The van der Waals surface area contributed by atoms with Gasteiger partial charge in [0.2, 0.25) is 0 Å². The molecule has 0 aliphatic heterocycles. The number of aryl methyl sites for hydroxylation is 1. The maximum atomic E-state index is 11.2. The molecule has 0 atom stereocenters. The largest absolute Gasteiger partial charge is 0.478 e. The van der Waals surface area contributed by atoms with Crippen molar-refractivity contribution in [1.29, 1.82) is 0 Å². The lowest BCUT2D eigenvalue weighted by molar-refractivity contribution is -0.131. The first kappa shape index (κ1) is 10.2. The molecule has 1 rings (SSSR count). The van der Waals surface area contributed by atoms with Gasteiger partial charge in [0.15, 0.2) is 0 Å². The maximum absolute atomic E-state index is 11.2. The summed E-state index contributed by atoms with van der Waals surface area (Å²) in [5.74, 6) is -1.04. The van der Waals surface area contributed by atoms with Crippen molar-refractivity contribution in [2.45, 2.75) is 13.5 Å². The van der Waals surface area contributed by atoms with Crippen LogP contribution >= 0.6 is 0 Å². The van der Waals surface area contributed by atoms with Crippen LogP contribution in [0.5, 0.6) is 0 Å². The predicted molar refractivity (Wildman–Crippen MR) is 50.0 cm³/mol. The topological polar surface area (TPSA) is 72.2 Å². The Morgan fingerprint density at radius 2 is 2.36 bits per heavy atom. The lowest BCUT2D eigenvalue weighted by Crippen LogP contribution is -2.21. The van der Waals surface area contributed by atoms with E-state index >= 15 is 0 Å². The van der Waals surface area contributed by atoms with Gasteiger partial charge in [-0.1, -0.05) is 6.08 Å². The molecule has 0 saturated carbocycles. The Kier molecular flexibility index (Phi) is 3.17. The van der Waals surface area contributed by atoms with Crippen LogP contribution in [0.3, 0.4) is 0 Å². The number of hydrogen-bond acceptors (Lipinski definition) is 3. The maximum Gasteiger partial charge on any atom is 0.328 e. The van der Waals surface area contributed by atoms with E-state index in [0.29, 0.717) is 5.69 Å². The summed E-state index contributed by atoms with van der Waals surface area (Å²) >= 11 is 0. The van der Waals surface area contributed by atoms with Gasteiger partial charge in [-0.3, -0.25) is 4.79 Å². The fourth-order valence-corrected chi connectivity index (χ4v) is 0.935. The molecule has 0 fully saturated rings. The Balaban J connectivity index is 2.81. The van der Waals surface area contributed by atoms with E-state index < -0.39 is 5.97 Å². The molecule has 5 nitrogen and oxygen atoms in total. The zero-order chi connectivity index (χ0) is 10.6. The van der Waals surface area contributed by atoms with Crippen molar-refractivity contribution in [3.8, 4) is 0 Å². The van der Waals surface area contributed by atoms with Crippen LogP contribution < -0.4 is 5.56 Å². The Labute approximate surface area is 80.3 Å². The van der Waals surface area contributed by atoms with Crippen molar-refractivity contribution < 1.29 is 9.90 Å². The second kappa shape index (κ2) is 4.36. The van der Waals surface area contributed by atoms with Gasteiger partial charge in [-0.2, -0.15) is 5.10 Å². The number of hydrogen-bond donors (Lipinski definition) is 1. The van der Waals surface area contributed by atoms with Crippen molar-refractivity contribution >= 4 is 5.97 Å². The minimum Gasteiger partial charge on any atom is -0.478 e. The van der Waals surface area contributed by atoms with Crippen LogP contribution in [0.2, 0.25) is 0 Å². The normalized spacial score (nSPS) is 10.6. The molecular formula is C9H10N2O3. The number of rotatable bonds is 3. The first-order valence-corrected chi connectivity index (χ1v) is 4.04. The fraction of sp³-hybridized carbons (Fsp3) is 0.222. The summed E-state index contributed by atoms with van der Waals surface area (Å²) < 4.78 is 1.20. The lowest BCUT2D eigenvalue weighted by atomic mass is 10.4. The number of aliphatic carboxylic acids is 1. The van der Waals surface area contributed by atoms with E-state index in [2.05, 4.69) is 5.10 Å². The summed E-state index contributed by atoms with van der Waals surface area (Å²) in [6.45, 7) is 1.93. The van der Waals surface area contributed by atoms with E-state index in [1.807, 2.05) is 0 Å². The average molecular weight is 194 g/mol. The molecule has 1 aromatic rings. The van der Waals surface area contributed by atoms with Gasteiger partial charge < -0.3 is 5.11 Å². The third-order valence-corrected chi connectivity index (χ3v) is 1.54. The Hall–Kier alpha value is -1.91. The summed E-state index contributed by atoms with van der Waals surface area (Å²) in [5.41, 5.74) is 0.471. The highest BCUT2D eigenvalue weighted by Gasteiger charge is 1.94. The molecule has 1 aromatic heterocycles. The van der Waals surface area contributed by atoms with Crippen LogP contribution in [0.4, 0.5) is 0 Å². The van der Waals surface area contributed by atoms with Crippen LogP contribution in [0, 0.1) is 6.92 Å². The molecule has 0 bridgehead atoms. The molecule has 74 valence electrons. The zero-order valence-electron chi connectivity index (χ0n) is 7.67. The summed E-state index contributed by atoms with van der Waals surface area (Å²) in [7, 11) is 0. The van der Waals surface area contributed by atoms with Gasteiger partial charge in [0.1, 0.15) is 0 Å². The molecule has 0 aromatic carbocycles. The summed E-state index contributed by atoms with van der Waals surface area (Å²) in [5, 5.41) is 12.3. The van der Waals surface area contributed by atoms with Crippen molar-refractivity contribution in [3.05, 3.63) is 40.3 Å². The molecule has 1 heterocycles. The number of carbonyl (C=O) groups is 1. The highest BCUT2D eigenvalue weighted by molar-refractivity contribution is 5.79. The van der Waals surface area contributed by atoms with Crippen LogP contribution in [-0.4, -0.2) is 20.9 Å². The second-order valence-electron chi connectivity index (χ2n) is 2.74. The quantitative estimate of drug-likeness (QED) is 0.697. The molecule has 5 heteroatoms. The molecule has 0 radical (unpaired) electrons. The van der Waals surface area contributed by atoms with Gasteiger partial charge in [0, 0.05) is 12.1 Å². The zero-order valence-corrected chi connectivity index (χ0v) is 7.67. The average Bonchev–Trinajstić information content (AvgIpc) is 2.10. The number of aromatic nitrogens is 2. The Morgan fingerprint density at radius 3 is 3.00 bits per heavy atom. The standard InChI is InChI=1S/C9H10N2O3/c1-7-4-5-8(12)11(10-7)6-2-3-9(13)14/h2-5H,6H2,1H3,(H,13,14)/b3-2+. The molecule has 1 N–H and O–H groups in total. The number of nitrogens with zero attached hydrogens (tertiary/aromatic N) is 2. The van der Waals surface area contributed by atoms with E-state index in [-0.39, 0.29) is 12.1 Å². The molecule has 0 aliphatic carbocycles. The van der Waals surface area contributed by atoms with E-state index in [4.69, 9.17) is 5.11 Å². The van der Waals surface area contributed by atoms with Crippen LogP contribution in [-0.2, 0) is 11.3 Å². The lowest BCUT2D eigenvalue weighted by Gasteiger charge is -1.99. The monoisotopic (exact) mass is 194 g/mol. The minimum absolute atomic E-state index is 0.173. The first-order valence-electron chi connectivity index (χ1n) is 4.04. The van der Waals surface area contributed by atoms with Crippen LogP contribution in [0.1, 0.15) is 5.69 Å². The number of carboxylic acids is 1. The van der Waals surface area contributed by atoms with Gasteiger partial charge in [-0.15, -0.1) is 0 Å². The summed E-state index contributed by atoms with van der Waals surface area (Å²) in [6.07, 6.45) is 2.35. The van der Waals surface area contributed by atoms with Gasteiger partial charge >= 0.3 is 5.97 Å². The fourth-order valence-electron chi connectivity index (χ4n) is 0.935. The summed E-state index contributed by atoms with van der Waals surface area (Å²) in [6, 6.07) is 3.01. The smallest absolute Gasteiger partial charge is 0.328 e. The van der Waals surface area contributed by atoms with Crippen molar-refractivity contribution in [2.75, 3.05) is 0 Å². The Bertz CT molecular complexity index is 420. The van der Waals surface area contributed by atoms with Gasteiger partial charge in [-0.05, 0) is 13.0 Å². The highest BCUT2D eigenvalue weighted by Crippen LogP contribution is 1.86. The van der Waals surface area contributed by atoms with Gasteiger partial charge in [-0.25, -0.2) is 9.48 Å². The number of carboxylic acid groups (broad SMARTS) is 1. The van der Waals surface area contributed by atoms with E-state index in [9.17, 15) is 9.59 Å². The Morgan fingerprint density at radius 1 is 1.64 bits per heavy atom. The van der Waals surface area contributed by atoms with Crippen molar-refractivity contribution in [3.63, 3.8) is 0 Å². The first-order chi connectivity index (χ1) is 6.59. The van der Waals surface area contributed by atoms with Crippen molar-refractivity contribution in [2.24, 2.45) is 0 Å². The minimum atomic E-state index is -1.04. The predicted octanol–water partition coefficient (Wildman–Crippen LogP) is 0.193. The third kappa shape index (κ3) is 2.85. The van der Waals surface area contributed by atoms with Crippen LogP contribution in [0.25, 0.3) is 0 Å². The highest BCUT2D eigenvalue weighted by atomic mass is 16.4. The molecule has 0 spiro atoms. The second-order valence-corrected chi connectivity index (χ2v) is 2.74. The SMILES string of the molecule is Cc1ccc(=O)n(C/C=C/C(=O)O)n1. The summed E-state index contributed by atoms with van der Waals surface area (Å²) in [4.78, 5) is 21.3. The molecule has 0 unspecified atom stereocenters. The molecule has 14 heavy (non-hydrogen) atoms.